The molecule has 0 saturated carbocycles. The average Bonchev–Trinajstić information content (AvgIpc) is 2.39. The summed E-state index contributed by atoms with van der Waals surface area (Å²) < 4.78 is 6.21. The number of nitrogens with one attached hydrogen (secondary N) is 1. The highest BCUT2D eigenvalue weighted by atomic mass is 79.9. The third kappa shape index (κ3) is 2.86. The third-order valence-corrected chi connectivity index (χ3v) is 3.43. The van der Waals surface area contributed by atoms with E-state index in [4.69, 9.17) is 4.74 Å². The van der Waals surface area contributed by atoms with Gasteiger partial charge in [0.1, 0.15) is 6.04 Å². The zero-order chi connectivity index (χ0) is 12.3. The Morgan fingerprint density at radius 1 is 1.53 bits per heavy atom. The Labute approximate surface area is 109 Å². The first-order chi connectivity index (χ1) is 8.20. The molecule has 1 heterocycles. The molecule has 0 spiro atoms. The number of rotatable bonds is 2. The number of benzene rings is 1. The topological polar surface area (TPSA) is 41.6 Å². The van der Waals surface area contributed by atoms with Gasteiger partial charge >= 0.3 is 0 Å². The van der Waals surface area contributed by atoms with E-state index in [1.807, 2.05) is 24.3 Å². The van der Waals surface area contributed by atoms with Crippen LogP contribution in [0.4, 0.5) is 5.69 Å². The molecule has 1 fully saturated rings. The molecule has 1 atom stereocenters. The lowest BCUT2D eigenvalue weighted by molar-refractivity contribution is -0.123. The van der Waals surface area contributed by atoms with E-state index in [9.17, 15) is 4.79 Å². The van der Waals surface area contributed by atoms with Crippen molar-refractivity contribution in [2.75, 3.05) is 31.7 Å². The summed E-state index contributed by atoms with van der Waals surface area (Å²) in [6, 6.07) is 7.42. The molecule has 0 bridgehead atoms. The fourth-order valence-corrected chi connectivity index (χ4v) is 2.35. The number of para-hydroxylation sites is 1. The molecule has 5 heteroatoms. The van der Waals surface area contributed by atoms with Gasteiger partial charge in [0.25, 0.3) is 0 Å². The number of likely N-dealkylation sites (N-methyl/N-ethyl adjacent to an activating group) is 1. The minimum atomic E-state index is -0.249. The third-order valence-electron chi connectivity index (χ3n) is 2.76. The largest absolute Gasteiger partial charge is 0.378 e. The van der Waals surface area contributed by atoms with Crippen molar-refractivity contribution in [2.24, 2.45) is 0 Å². The molecule has 1 amide bonds. The molecular formula is C12H15BrN2O2. The first-order valence-electron chi connectivity index (χ1n) is 5.53. The second-order valence-corrected chi connectivity index (χ2v) is 4.78. The lowest BCUT2D eigenvalue weighted by Gasteiger charge is -2.28. The first-order valence-corrected chi connectivity index (χ1v) is 6.32. The van der Waals surface area contributed by atoms with Gasteiger partial charge in [0, 0.05) is 18.1 Å². The molecule has 1 aliphatic rings. The Kier molecular flexibility index (Phi) is 4.15. The molecule has 1 N–H and O–H groups in total. The molecule has 0 radical (unpaired) electrons. The fourth-order valence-electron chi connectivity index (χ4n) is 1.80. The number of hydrogen-bond donors (Lipinski definition) is 1. The van der Waals surface area contributed by atoms with Crippen molar-refractivity contribution < 1.29 is 9.53 Å². The molecule has 1 aromatic carbocycles. The zero-order valence-corrected chi connectivity index (χ0v) is 11.2. The maximum atomic E-state index is 12.2. The summed E-state index contributed by atoms with van der Waals surface area (Å²) in [5, 5.41) is 3.16. The van der Waals surface area contributed by atoms with Crippen molar-refractivity contribution >= 4 is 27.5 Å². The van der Waals surface area contributed by atoms with Crippen molar-refractivity contribution in [2.45, 2.75) is 6.04 Å². The van der Waals surface area contributed by atoms with Crippen LogP contribution in [0, 0.1) is 0 Å². The van der Waals surface area contributed by atoms with Gasteiger partial charge in [0.05, 0.1) is 18.9 Å². The smallest absolute Gasteiger partial charge is 0.246 e. The summed E-state index contributed by atoms with van der Waals surface area (Å²) in [7, 11) is 1.78. The van der Waals surface area contributed by atoms with E-state index in [0.717, 1.165) is 16.7 Å². The molecule has 0 aliphatic carbocycles. The molecule has 0 aromatic heterocycles. The van der Waals surface area contributed by atoms with Gasteiger partial charge in [-0.2, -0.15) is 0 Å². The summed E-state index contributed by atoms with van der Waals surface area (Å²) in [6.45, 7) is 1.83. The number of ether oxygens (including phenoxy) is 1. The Hall–Kier alpha value is -0.910. The van der Waals surface area contributed by atoms with Crippen LogP contribution in [0.3, 0.4) is 0 Å². The number of anilines is 1. The summed E-state index contributed by atoms with van der Waals surface area (Å²) in [5.41, 5.74) is 0.866. The molecule has 1 unspecified atom stereocenters. The maximum absolute atomic E-state index is 12.2. The minimum Gasteiger partial charge on any atom is -0.378 e. The van der Waals surface area contributed by atoms with Gasteiger partial charge in [0.15, 0.2) is 0 Å². The number of hydrogen-bond acceptors (Lipinski definition) is 3. The first kappa shape index (κ1) is 12.5. The van der Waals surface area contributed by atoms with Crippen LogP contribution in [-0.2, 0) is 9.53 Å². The van der Waals surface area contributed by atoms with Crippen LogP contribution >= 0.6 is 15.9 Å². The van der Waals surface area contributed by atoms with Crippen molar-refractivity contribution in [1.29, 1.82) is 0 Å². The number of amides is 1. The van der Waals surface area contributed by atoms with Gasteiger partial charge in [-0.05, 0) is 28.1 Å². The number of morpholine rings is 1. The molecule has 1 aromatic rings. The van der Waals surface area contributed by atoms with Gasteiger partial charge in [-0.25, -0.2) is 0 Å². The molecule has 4 nitrogen and oxygen atoms in total. The number of carbonyl (C=O) groups excluding carboxylic acids is 1. The van der Waals surface area contributed by atoms with E-state index >= 15 is 0 Å². The zero-order valence-electron chi connectivity index (χ0n) is 9.65. The normalized spacial score (nSPS) is 20.0. The SMILES string of the molecule is CN(C(=O)C1COCCN1)c1ccccc1Br. The Bertz CT molecular complexity index is 405. The molecule has 1 saturated heterocycles. The van der Waals surface area contributed by atoms with Crippen LogP contribution in [0.25, 0.3) is 0 Å². The van der Waals surface area contributed by atoms with Crippen LogP contribution in [0.5, 0.6) is 0 Å². The van der Waals surface area contributed by atoms with Crippen molar-refractivity contribution in [3.8, 4) is 0 Å². The average molecular weight is 299 g/mol. The van der Waals surface area contributed by atoms with Crippen molar-refractivity contribution in [1.82, 2.24) is 5.32 Å². The monoisotopic (exact) mass is 298 g/mol. The van der Waals surface area contributed by atoms with Crippen LogP contribution in [0.1, 0.15) is 0 Å². The van der Waals surface area contributed by atoms with E-state index in [0.29, 0.717) is 13.2 Å². The number of halogens is 1. The highest BCUT2D eigenvalue weighted by Gasteiger charge is 2.25. The van der Waals surface area contributed by atoms with Gasteiger partial charge < -0.3 is 15.0 Å². The van der Waals surface area contributed by atoms with Crippen LogP contribution in [-0.4, -0.2) is 38.8 Å². The van der Waals surface area contributed by atoms with Gasteiger partial charge in [-0.1, -0.05) is 12.1 Å². The van der Waals surface area contributed by atoms with Crippen LogP contribution in [0.2, 0.25) is 0 Å². The highest BCUT2D eigenvalue weighted by Crippen LogP contribution is 2.25. The Morgan fingerprint density at radius 2 is 2.29 bits per heavy atom. The standard InChI is InChI=1S/C12H15BrN2O2/c1-15(11-5-3-2-4-9(11)13)12(16)10-8-17-7-6-14-10/h2-5,10,14H,6-8H2,1H3. The molecule has 1 aliphatic heterocycles. The second kappa shape index (κ2) is 5.62. The summed E-state index contributed by atoms with van der Waals surface area (Å²) in [4.78, 5) is 13.9. The Morgan fingerprint density at radius 3 is 2.94 bits per heavy atom. The van der Waals surface area contributed by atoms with Crippen LogP contribution in [0.15, 0.2) is 28.7 Å². The quantitative estimate of drug-likeness (QED) is 0.897. The van der Waals surface area contributed by atoms with E-state index < -0.39 is 0 Å². The summed E-state index contributed by atoms with van der Waals surface area (Å²) in [5.74, 6) is 0.0246. The molecular weight excluding hydrogens is 284 g/mol. The number of nitrogens with zero attached hydrogens (tertiary/aromatic N) is 1. The number of carbonyl (C=O) groups is 1. The van der Waals surface area contributed by atoms with Crippen molar-refractivity contribution in [3.63, 3.8) is 0 Å². The molecule has 2 rings (SSSR count). The van der Waals surface area contributed by atoms with E-state index in [1.165, 1.54) is 0 Å². The lowest BCUT2D eigenvalue weighted by atomic mass is 10.2. The van der Waals surface area contributed by atoms with E-state index in [-0.39, 0.29) is 11.9 Å². The lowest BCUT2D eigenvalue weighted by Crippen LogP contribution is -2.51. The molecule has 92 valence electrons. The van der Waals surface area contributed by atoms with Gasteiger partial charge in [-0.3, -0.25) is 4.79 Å². The fraction of sp³-hybridized carbons (Fsp3) is 0.417. The van der Waals surface area contributed by atoms with Gasteiger partial charge in [-0.15, -0.1) is 0 Å². The predicted molar refractivity (Wildman–Crippen MR) is 70.2 cm³/mol. The van der Waals surface area contributed by atoms with E-state index in [2.05, 4.69) is 21.2 Å². The van der Waals surface area contributed by atoms with Crippen molar-refractivity contribution in [3.05, 3.63) is 28.7 Å². The predicted octanol–water partition coefficient (Wildman–Crippen LogP) is 1.40. The minimum absolute atomic E-state index is 0.0246. The van der Waals surface area contributed by atoms with Crippen LogP contribution < -0.4 is 10.2 Å². The van der Waals surface area contributed by atoms with Gasteiger partial charge in [0.2, 0.25) is 5.91 Å². The summed E-state index contributed by atoms with van der Waals surface area (Å²) in [6.07, 6.45) is 0. The summed E-state index contributed by atoms with van der Waals surface area (Å²) >= 11 is 3.44. The Balaban J connectivity index is 2.11. The maximum Gasteiger partial charge on any atom is 0.246 e. The van der Waals surface area contributed by atoms with E-state index in [1.54, 1.807) is 11.9 Å². The molecule has 17 heavy (non-hydrogen) atoms. The highest BCUT2D eigenvalue weighted by molar-refractivity contribution is 9.10. The second-order valence-electron chi connectivity index (χ2n) is 3.93.